The van der Waals surface area contributed by atoms with Crippen LogP contribution in [0.4, 0.5) is 5.82 Å². The van der Waals surface area contributed by atoms with E-state index in [1.807, 2.05) is 6.92 Å². The van der Waals surface area contributed by atoms with Gasteiger partial charge in [0.25, 0.3) is 0 Å². The van der Waals surface area contributed by atoms with Crippen molar-refractivity contribution in [2.75, 3.05) is 5.73 Å². The van der Waals surface area contributed by atoms with Crippen LogP contribution in [0.1, 0.15) is 84.5 Å². The molecule has 0 amide bonds. The van der Waals surface area contributed by atoms with E-state index in [0.29, 0.717) is 17.7 Å². The number of aromatic nitrogens is 4. The monoisotopic (exact) mass is 389 g/mol. The summed E-state index contributed by atoms with van der Waals surface area (Å²) in [5.41, 5.74) is 6.90. The normalized spacial score (nSPS) is 16.5. The largest absolute Gasteiger partial charge is 0.460 e. The fourth-order valence-electron chi connectivity index (χ4n) is 4.29. The van der Waals surface area contributed by atoms with E-state index in [-0.39, 0.29) is 23.6 Å². The maximum Gasteiger partial charge on any atom is 0.327 e. The molecule has 1 fully saturated rings. The Bertz CT molecular complexity index is 807. The summed E-state index contributed by atoms with van der Waals surface area (Å²) in [5.74, 6) is 1.18. The first-order valence-electron chi connectivity index (χ1n) is 11.0. The molecule has 2 aromatic heterocycles. The van der Waals surface area contributed by atoms with Gasteiger partial charge in [-0.2, -0.15) is 9.97 Å². The summed E-state index contributed by atoms with van der Waals surface area (Å²) in [6.45, 7) is 4.74. The smallest absolute Gasteiger partial charge is 0.327 e. The van der Waals surface area contributed by atoms with Crippen LogP contribution in [0.2, 0.25) is 0 Å². The first-order valence-corrected chi connectivity index (χ1v) is 11.0. The fourth-order valence-corrected chi connectivity index (χ4v) is 4.29. The highest BCUT2D eigenvalue weighted by Crippen LogP contribution is 2.28. The number of nitrogens with one attached hydrogen (secondary N) is 1. The average Bonchev–Trinajstić information content (AvgIpc) is 2.99. The molecule has 2 aromatic rings. The number of nitrogens with zero attached hydrogens (tertiary/aromatic N) is 3. The lowest BCUT2D eigenvalue weighted by Crippen LogP contribution is -2.18. The van der Waals surface area contributed by atoms with E-state index in [9.17, 15) is 4.79 Å². The van der Waals surface area contributed by atoms with Crippen molar-refractivity contribution in [1.82, 2.24) is 19.5 Å². The third-order valence-corrected chi connectivity index (χ3v) is 5.85. The van der Waals surface area contributed by atoms with Crippen molar-refractivity contribution in [1.29, 1.82) is 0 Å². The second-order valence-electron chi connectivity index (χ2n) is 8.24. The van der Waals surface area contributed by atoms with Gasteiger partial charge in [-0.1, -0.05) is 64.7 Å². The van der Waals surface area contributed by atoms with Crippen molar-refractivity contribution in [2.24, 2.45) is 5.92 Å². The fraction of sp³-hybridized carbons (Fsp3) is 0.762. The molecule has 0 aromatic carbocycles. The highest BCUT2D eigenvalue weighted by molar-refractivity contribution is 5.81. The Kier molecular flexibility index (Phi) is 7.34. The number of hydrogen-bond donors (Lipinski definition) is 2. The number of nitrogens with two attached hydrogens (primary N) is 1. The van der Waals surface area contributed by atoms with Crippen LogP contribution >= 0.6 is 0 Å². The number of aromatic amines is 1. The van der Waals surface area contributed by atoms with Crippen molar-refractivity contribution < 1.29 is 4.74 Å². The molecule has 1 aliphatic rings. The molecule has 1 saturated carbocycles. The molecule has 3 N–H and O–H groups in total. The van der Waals surface area contributed by atoms with Crippen LogP contribution in [0.3, 0.4) is 0 Å². The highest BCUT2D eigenvalue weighted by atomic mass is 16.5. The summed E-state index contributed by atoms with van der Waals surface area (Å²) in [5, 5.41) is 0. The molecule has 7 nitrogen and oxygen atoms in total. The summed E-state index contributed by atoms with van der Waals surface area (Å²) in [7, 11) is 0. The number of hydrogen-bond acceptors (Lipinski definition) is 5. The quantitative estimate of drug-likeness (QED) is 0.586. The summed E-state index contributed by atoms with van der Waals surface area (Å²) in [6, 6.07) is 0.246. The van der Waals surface area contributed by atoms with Gasteiger partial charge < -0.3 is 15.5 Å². The molecule has 1 aliphatic carbocycles. The molecular weight excluding hydrogens is 354 g/mol. The van der Waals surface area contributed by atoms with E-state index >= 15 is 0 Å². The molecule has 156 valence electrons. The van der Waals surface area contributed by atoms with E-state index in [0.717, 1.165) is 31.6 Å². The predicted molar refractivity (Wildman–Crippen MR) is 113 cm³/mol. The zero-order valence-corrected chi connectivity index (χ0v) is 17.4. The first kappa shape index (κ1) is 20.7. The molecule has 2 heterocycles. The third-order valence-electron chi connectivity index (χ3n) is 5.85. The number of ether oxygens (including phenoxy) is 1. The number of nitrogen functional groups attached to an aromatic ring is 1. The zero-order valence-electron chi connectivity index (χ0n) is 17.4. The van der Waals surface area contributed by atoms with Gasteiger partial charge in [0.1, 0.15) is 5.52 Å². The SMILES string of the molecule is CCC[C@H](C)Oc1nc(N)c2[nH]c(=O)n(CCCCCC3CCCCC3)c2n1. The summed E-state index contributed by atoms with van der Waals surface area (Å²) < 4.78 is 7.46. The topological polar surface area (TPSA) is 98.8 Å². The number of H-pyrrole nitrogens is 1. The van der Waals surface area contributed by atoms with Crippen LogP contribution in [0.25, 0.3) is 11.2 Å². The van der Waals surface area contributed by atoms with Crippen LogP contribution in [-0.2, 0) is 6.54 Å². The standard InChI is InChI=1S/C21H35N5O2/c1-3-10-15(2)28-20-24-18(22)17-19(25-20)26(21(27)23-17)14-9-5-8-13-16-11-6-4-7-12-16/h15-16H,3-14H2,1-2H3,(H,23,27)(H2,22,24,25)/t15-/m0/s1. The van der Waals surface area contributed by atoms with Gasteiger partial charge in [0, 0.05) is 6.54 Å². The number of aryl methyl sites for hydroxylation is 1. The number of rotatable bonds is 10. The van der Waals surface area contributed by atoms with Crippen LogP contribution < -0.4 is 16.2 Å². The van der Waals surface area contributed by atoms with Gasteiger partial charge in [0.15, 0.2) is 11.5 Å². The molecule has 28 heavy (non-hydrogen) atoms. The van der Waals surface area contributed by atoms with Gasteiger partial charge in [0.05, 0.1) is 6.10 Å². The van der Waals surface area contributed by atoms with Gasteiger partial charge >= 0.3 is 11.7 Å². The predicted octanol–water partition coefficient (Wildman–Crippen LogP) is 4.41. The van der Waals surface area contributed by atoms with E-state index in [1.165, 1.54) is 44.9 Å². The van der Waals surface area contributed by atoms with Gasteiger partial charge in [-0.25, -0.2) is 4.79 Å². The lowest BCUT2D eigenvalue weighted by molar-refractivity contribution is 0.193. The van der Waals surface area contributed by atoms with Gasteiger partial charge in [-0.15, -0.1) is 0 Å². The molecule has 1 atom stereocenters. The van der Waals surface area contributed by atoms with Crippen LogP contribution in [0, 0.1) is 5.92 Å². The first-order chi connectivity index (χ1) is 13.6. The second kappa shape index (κ2) is 9.94. The van der Waals surface area contributed by atoms with E-state index in [4.69, 9.17) is 10.5 Å². The van der Waals surface area contributed by atoms with Crippen molar-refractivity contribution in [3.8, 4) is 6.01 Å². The Morgan fingerprint density at radius 3 is 2.75 bits per heavy atom. The number of unbranched alkanes of at least 4 members (excludes halogenated alkanes) is 2. The minimum Gasteiger partial charge on any atom is -0.460 e. The molecule has 0 spiro atoms. The minimum atomic E-state index is -0.179. The maximum absolute atomic E-state index is 12.4. The molecule has 3 rings (SSSR count). The van der Waals surface area contributed by atoms with Crippen molar-refractivity contribution >= 4 is 17.0 Å². The maximum atomic E-state index is 12.4. The lowest BCUT2D eigenvalue weighted by Gasteiger charge is -2.21. The summed E-state index contributed by atoms with van der Waals surface area (Å²) in [4.78, 5) is 23.8. The molecule has 0 bridgehead atoms. The molecule has 0 aliphatic heterocycles. The molecular formula is C21H35N5O2. The van der Waals surface area contributed by atoms with E-state index < -0.39 is 0 Å². The average molecular weight is 390 g/mol. The zero-order chi connectivity index (χ0) is 19.9. The van der Waals surface area contributed by atoms with E-state index in [2.05, 4.69) is 21.9 Å². The lowest BCUT2D eigenvalue weighted by atomic mass is 9.85. The van der Waals surface area contributed by atoms with Crippen LogP contribution in [0.15, 0.2) is 4.79 Å². The van der Waals surface area contributed by atoms with Crippen molar-refractivity contribution in [3.63, 3.8) is 0 Å². The van der Waals surface area contributed by atoms with Crippen molar-refractivity contribution in [3.05, 3.63) is 10.5 Å². The van der Waals surface area contributed by atoms with E-state index in [1.54, 1.807) is 4.57 Å². The Morgan fingerprint density at radius 1 is 1.21 bits per heavy atom. The molecule has 0 unspecified atom stereocenters. The number of fused-ring (bicyclic) bond motifs is 1. The number of imidazole rings is 1. The molecule has 0 radical (unpaired) electrons. The number of anilines is 1. The Balaban J connectivity index is 1.60. The summed E-state index contributed by atoms with van der Waals surface area (Å²) >= 11 is 0. The Morgan fingerprint density at radius 2 is 2.00 bits per heavy atom. The van der Waals surface area contributed by atoms with Gasteiger partial charge in [0.2, 0.25) is 0 Å². The van der Waals surface area contributed by atoms with Gasteiger partial charge in [-0.3, -0.25) is 4.57 Å². The van der Waals surface area contributed by atoms with Crippen LogP contribution in [-0.4, -0.2) is 25.6 Å². The molecule has 0 saturated heterocycles. The summed E-state index contributed by atoms with van der Waals surface area (Å²) in [6.07, 6.45) is 13.6. The van der Waals surface area contributed by atoms with Crippen LogP contribution in [0.5, 0.6) is 6.01 Å². The third kappa shape index (κ3) is 5.26. The highest BCUT2D eigenvalue weighted by Gasteiger charge is 2.16. The Labute approximate surface area is 167 Å². The van der Waals surface area contributed by atoms with Gasteiger partial charge in [-0.05, 0) is 25.7 Å². The molecule has 7 heteroatoms. The van der Waals surface area contributed by atoms with Crippen molar-refractivity contribution in [2.45, 2.75) is 97.1 Å². The second-order valence-corrected chi connectivity index (χ2v) is 8.24. The Hall–Kier alpha value is -2.05. The minimum absolute atomic E-state index is 0.0146.